The van der Waals surface area contributed by atoms with Crippen molar-refractivity contribution in [3.8, 4) is 33.6 Å². The van der Waals surface area contributed by atoms with E-state index >= 15 is 0 Å². The van der Waals surface area contributed by atoms with Crippen LogP contribution in [0, 0.1) is 5.92 Å². The number of nitrogens with one attached hydrogen (secondary N) is 4. The minimum Gasteiger partial charge on any atom is -0.453 e. The zero-order valence-electron chi connectivity index (χ0n) is 32.9. The SMILES string of the molecule is COC(=O)N[C@H](C(=O)N1CC=CC1c1ncc(-c2ccc(-c3csc4c(-c5cnc(C6CCCN6C(=O)[C@H](NC(=O)OC)c6ccccc6)[nH]5)csc34)cc2)[nH]1)C(C)C. The number of amides is 4. The van der Waals surface area contributed by atoms with Gasteiger partial charge in [0.25, 0.3) is 5.91 Å². The number of imidazole rings is 2. The Morgan fingerprint density at radius 2 is 1.42 bits per heavy atom. The van der Waals surface area contributed by atoms with E-state index in [4.69, 9.17) is 14.5 Å². The summed E-state index contributed by atoms with van der Waals surface area (Å²) in [5.41, 5.74) is 6.63. The van der Waals surface area contributed by atoms with E-state index in [9.17, 15) is 19.2 Å². The first kappa shape index (κ1) is 39.6. The Morgan fingerprint density at radius 3 is 2.15 bits per heavy atom. The second-order valence-electron chi connectivity index (χ2n) is 14.8. The molecule has 6 aromatic rings. The molecule has 4 atom stereocenters. The molecule has 2 aliphatic heterocycles. The molecule has 6 heterocycles. The van der Waals surface area contributed by atoms with E-state index in [0.717, 1.165) is 51.2 Å². The predicted molar refractivity (Wildman–Crippen MR) is 226 cm³/mol. The van der Waals surface area contributed by atoms with E-state index in [1.54, 1.807) is 38.7 Å². The second kappa shape index (κ2) is 16.9. The van der Waals surface area contributed by atoms with Gasteiger partial charge in [-0.2, -0.15) is 0 Å². The number of aromatic amines is 2. The number of thiophene rings is 2. The zero-order valence-corrected chi connectivity index (χ0v) is 34.6. The summed E-state index contributed by atoms with van der Waals surface area (Å²) >= 11 is 3.37. The maximum atomic E-state index is 14.0. The molecule has 0 spiro atoms. The van der Waals surface area contributed by atoms with Crippen LogP contribution in [0.5, 0.6) is 0 Å². The fraction of sp³-hybridized carbons (Fsp3) is 0.302. The number of aromatic nitrogens is 4. The van der Waals surface area contributed by atoms with Crippen LogP contribution < -0.4 is 10.6 Å². The van der Waals surface area contributed by atoms with Crippen LogP contribution in [0.4, 0.5) is 9.59 Å². The number of rotatable bonds is 11. The van der Waals surface area contributed by atoms with Gasteiger partial charge in [-0.25, -0.2) is 19.6 Å². The molecular formula is C43H44N8O6S2. The van der Waals surface area contributed by atoms with E-state index in [1.165, 1.54) is 18.9 Å². The quantitative estimate of drug-likeness (QED) is 0.0951. The third kappa shape index (κ3) is 7.84. The van der Waals surface area contributed by atoms with Crippen LogP contribution in [0.15, 0.2) is 89.9 Å². The van der Waals surface area contributed by atoms with Crippen molar-refractivity contribution >= 4 is 56.1 Å². The van der Waals surface area contributed by atoms with Crippen molar-refractivity contribution in [3.05, 3.63) is 107 Å². The lowest BCUT2D eigenvalue weighted by Crippen LogP contribution is -2.51. The number of carbonyl (C=O) groups is 4. The Bertz CT molecular complexity index is 2500. The van der Waals surface area contributed by atoms with Crippen molar-refractivity contribution in [2.75, 3.05) is 27.3 Å². The van der Waals surface area contributed by atoms with Gasteiger partial charge in [-0.1, -0.05) is 80.6 Å². The molecule has 1 fully saturated rings. The van der Waals surface area contributed by atoms with Gasteiger partial charge in [0.15, 0.2) is 0 Å². The summed E-state index contributed by atoms with van der Waals surface area (Å²) in [6.07, 6.45) is 7.74. The number of hydrogen-bond acceptors (Lipinski definition) is 10. The van der Waals surface area contributed by atoms with Gasteiger partial charge in [0.2, 0.25) is 5.91 Å². The molecule has 14 nitrogen and oxygen atoms in total. The highest BCUT2D eigenvalue weighted by Gasteiger charge is 2.38. The van der Waals surface area contributed by atoms with E-state index in [2.05, 4.69) is 60.6 Å². The molecule has 4 N–H and O–H groups in total. The lowest BCUT2D eigenvalue weighted by atomic mass is 10.0. The molecule has 304 valence electrons. The number of benzene rings is 2. The molecule has 0 radical (unpaired) electrons. The number of alkyl carbamates (subject to hydrolysis) is 2. The van der Waals surface area contributed by atoms with Gasteiger partial charge < -0.3 is 39.9 Å². The van der Waals surface area contributed by atoms with Gasteiger partial charge in [-0.05, 0) is 35.4 Å². The largest absolute Gasteiger partial charge is 0.453 e. The Labute approximate surface area is 348 Å². The van der Waals surface area contributed by atoms with Crippen molar-refractivity contribution < 1.29 is 28.7 Å². The van der Waals surface area contributed by atoms with Crippen molar-refractivity contribution in [2.24, 2.45) is 5.92 Å². The molecule has 4 amide bonds. The fourth-order valence-electron chi connectivity index (χ4n) is 7.77. The number of likely N-dealkylation sites (tertiary alicyclic amines) is 1. The summed E-state index contributed by atoms with van der Waals surface area (Å²) in [5, 5.41) is 9.72. The summed E-state index contributed by atoms with van der Waals surface area (Å²) in [4.78, 5) is 71.6. The summed E-state index contributed by atoms with van der Waals surface area (Å²) < 4.78 is 11.9. The molecule has 2 aliphatic rings. The van der Waals surface area contributed by atoms with Gasteiger partial charge in [0, 0.05) is 35.0 Å². The molecule has 0 saturated carbocycles. The molecule has 4 aromatic heterocycles. The third-order valence-electron chi connectivity index (χ3n) is 10.9. The number of nitrogens with zero attached hydrogens (tertiary/aromatic N) is 4. The van der Waals surface area contributed by atoms with Crippen LogP contribution in [0.2, 0.25) is 0 Å². The standard InChI is InChI=1S/C43H44N8O6S2/c1-24(2)34(48-42(54)56-3)40(52)50-18-8-12-32(50)38-44-20-30(46-38)26-16-14-25(15-17-26)28-22-58-37-29(23-59-36(28)37)31-21-45-39(47-31)33-13-9-19-51(33)41(53)35(49-43(55)57-4)27-10-6-5-7-11-27/h5-8,10-12,14-17,20-24,32-35H,9,13,18-19H2,1-4H3,(H,44,46)(H,45,47)(H,48,54)(H,49,55)/t32?,33?,34-,35+/m0/s1. The van der Waals surface area contributed by atoms with Crippen LogP contribution in [0.1, 0.15) is 62.0 Å². The topological polar surface area (TPSA) is 175 Å². The van der Waals surface area contributed by atoms with Gasteiger partial charge in [-0.3, -0.25) is 9.59 Å². The molecule has 16 heteroatoms. The normalized spacial score (nSPS) is 17.4. The van der Waals surface area contributed by atoms with Gasteiger partial charge in [0.1, 0.15) is 29.8 Å². The number of fused-ring (bicyclic) bond motifs is 1. The van der Waals surface area contributed by atoms with E-state index < -0.39 is 30.3 Å². The van der Waals surface area contributed by atoms with Crippen molar-refractivity contribution in [1.29, 1.82) is 0 Å². The smallest absolute Gasteiger partial charge is 0.407 e. The zero-order chi connectivity index (χ0) is 41.2. The fourth-order valence-corrected chi connectivity index (χ4v) is 10.2. The maximum Gasteiger partial charge on any atom is 0.407 e. The van der Waals surface area contributed by atoms with Crippen LogP contribution in [-0.2, 0) is 19.1 Å². The Balaban J connectivity index is 0.970. The Morgan fingerprint density at radius 1 is 0.780 bits per heavy atom. The molecule has 59 heavy (non-hydrogen) atoms. The lowest BCUT2D eigenvalue weighted by molar-refractivity contribution is -0.135. The monoisotopic (exact) mass is 832 g/mol. The van der Waals surface area contributed by atoms with Crippen LogP contribution in [0.25, 0.3) is 43.0 Å². The van der Waals surface area contributed by atoms with Gasteiger partial charge in [0.05, 0.1) is 53.4 Å². The predicted octanol–water partition coefficient (Wildman–Crippen LogP) is 7.99. The first-order chi connectivity index (χ1) is 28.6. The molecule has 0 aliphatic carbocycles. The third-order valence-corrected chi connectivity index (χ3v) is 13.0. The minimum atomic E-state index is -0.884. The number of ether oxygens (including phenoxy) is 2. The summed E-state index contributed by atoms with van der Waals surface area (Å²) in [7, 11) is 2.56. The highest BCUT2D eigenvalue weighted by atomic mass is 32.1. The van der Waals surface area contributed by atoms with Crippen molar-refractivity contribution in [1.82, 2.24) is 40.4 Å². The van der Waals surface area contributed by atoms with Gasteiger partial charge in [-0.15, -0.1) is 22.7 Å². The second-order valence-corrected chi connectivity index (χ2v) is 16.5. The molecule has 1 saturated heterocycles. The maximum absolute atomic E-state index is 14.0. The number of methoxy groups -OCH3 is 2. The van der Waals surface area contributed by atoms with Gasteiger partial charge >= 0.3 is 12.2 Å². The van der Waals surface area contributed by atoms with Crippen LogP contribution >= 0.6 is 22.7 Å². The molecular weight excluding hydrogens is 789 g/mol. The van der Waals surface area contributed by atoms with Crippen LogP contribution in [0.3, 0.4) is 0 Å². The average molecular weight is 833 g/mol. The molecule has 2 aromatic carbocycles. The molecule has 2 unspecified atom stereocenters. The number of H-pyrrole nitrogens is 2. The molecule has 8 rings (SSSR count). The average Bonchev–Trinajstić information content (AvgIpc) is 4.11. The number of hydrogen-bond donors (Lipinski definition) is 4. The Hall–Kier alpha value is -6.26. The summed E-state index contributed by atoms with van der Waals surface area (Å²) in [6.45, 7) is 4.73. The van der Waals surface area contributed by atoms with Crippen LogP contribution in [-0.4, -0.2) is 87.1 Å². The van der Waals surface area contributed by atoms with E-state index in [1.807, 2.05) is 62.5 Å². The minimum absolute atomic E-state index is 0.136. The van der Waals surface area contributed by atoms with E-state index in [-0.39, 0.29) is 23.8 Å². The summed E-state index contributed by atoms with van der Waals surface area (Å²) in [6, 6.07) is 15.2. The van der Waals surface area contributed by atoms with Crippen molar-refractivity contribution in [2.45, 2.75) is 50.9 Å². The highest BCUT2D eigenvalue weighted by Crippen LogP contribution is 2.44. The first-order valence-electron chi connectivity index (χ1n) is 19.4. The molecule has 0 bridgehead atoms. The first-order valence-corrected chi connectivity index (χ1v) is 21.1. The van der Waals surface area contributed by atoms with E-state index in [0.29, 0.717) is 30.3 Å². The summed E-state index contributed by atoms with van der Waals surface area (Å²) in [5.74, 6) is 0.799. The number of carbonyl (C=O) groups excluding carboxylic acids is 4. The highest BCUT2D eigenvalue weighted by molar-refractivity contribution is 7.27. The Kier molecular flexibility index (Phi) is 11.3. The lowest BCUT2D eigenvalue weighted by Gasteiger charge is -2.29. The van der Waals surface area contributed by atoms with Crippen molar-refractivity contribution in [3.63, 3.8) is 0 Å².